The van der Waals surface area contributed by atoms with Crippen LogP contribution in [-0.2, 0) is 4.79 Å². The van der Waals surface area contributed by atoms with Crippen LogP contribution < -0.4 is 5.32 Å². The molecule has 174 valence electrons. The molecule has 5 rings (SSSR count). The van der Waals surface area contributed by atoms with Gasteiger partial charge in [-0.05, 0) is 85.6 Å². The van der Waals surface area contributed by atoms with Gasteiger partial charge in [-0.3, -0.25) is 4.79 Å². The number of furan rings is 1. The summed E-state index contributed by atoms with van der Waals surface area (Å²) in [6, 6.07) is 20.3. The Labute approximate surface area is 212 Å². The number of halogens is 2. The van der Waals surface area contributed by atoms with Crippen LogP contribution in [0.5, 0.6) is 0 Å². The maximum atomic E-state index is 12.6. The number of nitrogens with one attached hydrogen (secondary N) is 1. The predicted octanol–water partition coefficient (Wildman–Crippen LogP) is 8.33. The van der Waals surface area contributed by atoms with Crippen LogP contribution in [0.15, 0.2) is 81.6 Å². The molecule has 7 heteroatoms. The third kappa shape index (κ3) is 5.02. The fourth-order valence-corrected chi connectivity index (χ4v) is 4.16. The van der Waals surface area contributed by atoms with Crippen molar-refractivity contribution in [2.45, 2.75) is 13.8 Å². The standard InChI is InChI=1S/C28H20Cl2N2O3/c1-16-3-10-26-24(13-16)32-28(35-26)18-5-4-17(2)23(14-18)31-27(33)12-8-20-7-11-25(34-20)21-9-6-19(29)15-22(21)30/h3-15H,1-2H3,(H,31,33)/b12-8+. The maximum absolute atomic E-state index is 12.6. The number of fused-ring (bicyclic) bond motifs is 1. The lowest BCUT2D eigenvalue weighted by atomic mass is 10.1. The minimum absolute atomic E-state index is 0.291. The Morgan fingerprint density at radius 3 is 2.63 bits per heavy atom. The molecular weight excluding hydrogens is 483 g/mol. The van der Waals surface area contributed by atoms with E-state index in [-0.39, 0.29) is 5.91 Å². The quantitative estimate of drug-likeness (QED) is 0.245. The smallest absolute Gasteiger partial charge is 0.248 e. The van der Waals surface area contributed by atoms with Crippen molar-refractivity contribution in [2.24, 2.45) is 0 Å². The molecule has 3 aromatic carbocycles. The highest BCUT2D eigenvalue weighted by atomic mass is 35.5. The summed E-state index contributed by atoms with van der Waals surface area (Å²) in [5.41, 5.74) is 5.72. The van der Waals surface area contributed by atoms with Gasteiger partial charge in [0.1, 0.15) is 17.0 Å². The van der Waals surface area contributed by atoms with E-state index in [0.29, 0.717) is 33.1 Å². The van der Waals surface area contributed by atoms with E-state index in [2.05, 4.69) is 10.3 Å². The summed E-state index contributed by atoms with van der Waals surface area (Å²) < 4.78 is 11.7. The molecule has 0 radical (unpaired) electrons. The lowest BCUT2D eigenvalue weighted by Gasteiger charge is -2.07. The van der Waals surface area contributed by atoms with Gasteiger partial charge < -0.3 is 14.2 Å². The van der Waals surface area contributed by atoms with Crippen molar-refractivity contribution in [3.8, 4) is 22.8 Å². The highest BCUT2D eigenvalue weighted by molar-refractivity contribution is 6.36. The summed E-state index contributed by atoms with van der Waals surface area (Å²) in [4.78, 5) is 17.2. The Kier molecular flexibility index (Phi) is 6.20. The third-order valence-electron chi connectivity index (χ3n) is 5.51. The molecule has 0 aliphatic heterocycles. The molecule has 0 bridgehead atoms. The lowest BCUT2D eigenvalue weighted by molar-refractivity contribution is -0.111. The van der Waals surface area contributed by atoms with Gasteiger partial charge in [0.05, 0.1) is 5.02 Å². The number of aromatic nitrogens is 1. The molecule has 2 heterocycles. The molecule has 0 unspecified atom stereocenters. The van der Waals surface area contributed by atoms with Gasteiger partial charge in [-0.25, -0.2) is 4.98 Å². The molecule has 35 heavy (non-hydrogen) atoms. The molecule has 1 N–H and O–H groups in total. The van der Waals surface area contributed by atoms with Crippen LogP contribution in [0.25, 0.3) is 40.0 Å². The fourth-order valence-electron chi connectivity index (χ4n) is 3.66. The first-order chi connectivity index (χ1) is 16.9. The first-order valence-electron chi connectivity index (χ1n) is 10.9. The van der Waals surface area contributed by atoms with Crippen molar-refractivity contribution in [1.29, 1.82) is 0 Å². The highest BCUT2D eigenvalue weighted by Crippen LogP contribution is 2.32. The molecule has 0 atom stereocenters. The van der Waals surface area contributed by atoms with E-state index < -0.39 is 0 Å². The minimum atomic E-state index is -0.291. The van der Waals surface area contributed by atoms with E-state index in [0.717, 1.165) is 33.4 Å². The number of amides is 1. The van der Waals surface area contributed by atoms with Crippen LogP contribution in [-0.4, -0.2) is 10.9 Å². The molecule has 0 saturated carbocycles. The number of hydrogen-bond donors (Lipinski definition) is 1. The summed E-state index contributed by atoms with van der Waals surface area (Å²) in [5, 5.41) is 3.95. The van der Waals surface area contributed by atoms with Gasteiger partial charge in [-0.2, -0.15) is 0 Å². The summed E-state index contributed by atoms with van der Waals surface area (Å²) >= 11 is 12.2. The van der Waals surface area contributed by atoms with Gasteiger partial charge >= 0.3 is 0 Å². The molecular formula is C28H20Cl2N2O3. The molecule has 5 aromatic rings. The molecule has 5 nitrogen and oxygen atoms in total. The predicted molar refractivity (Wildman–Crippen MR) is 141 cm³/mol. The topological polar surface area (TPSA) is 68.3 Å². The average Bonchev–Trinajstić information content (AvgIpc) is 3.46. The van der Waals surface area contributed by atoms with Gasteiger partial charge in [0, 0.05) is 27.9 Å². The summed E-state index contributed by atoms with van der Waals surface area (Å²) in [5.74, 6) is 1.32. The number of hydrogen-bond acceptors (Lipinski definition) is 4. The maximum Gasteiger partial charge on any atom is 0.248 e. The van der Waals surface area contributed by atoms with Crippen LogP contribution in [0.4, 0.5) is 5.69 Å². The van der Waals surface area contributed by atoms with Crippen molar-refractivity contribution in [3.05, 3.63) is 99.7 Å². The number of carbonyl (C=O) groups is 1. The molecule has 0 fully saturated rings. The van der Waals surface area contributed by atoms with E-state index in [1.54, 1.807) is 36.4 Å². The molecule has 2 aromatic heterocycles. The van der Waals surface area contributed by atoms with Gasteiger partial charge in [0.2, 0.25) is 11.8 Å². The Morgan fingerprint density at radius 1 is 0.943 bits per heavy atom. The summed E-state index contributed by atoms with van der Waals surface area (Å²) in [7, 11) is 0. The fraction of sp³-hybridized carbons (Fsp3) is 0.0714. The molecule has 1 amide bonds. The van der Waals surface area contributed by atoms with E-state index in [1.807, 2.05) is 50.2 Å². The van der Waals surface area contributed by atoms with Gasteiger partial charge in [-0.15, -0.1) is 0 Å². The van der Waals surface area contributed by atoms with Crippen molar-refractivity contribution < 1.29 is 13.6 Å². The Bertz CT molecular complexity index is 1600. The SMILES string of the molecule is Cc1ccc2oc(-c3ccc(C)c(NC(=O)/C=C/c4ccc(-c5ccc(Cl)cc5Cl)o4)c3)nc2c1. The van der Waals surface area contributed by atoms with E-state index in [9.17, 15) is 4.79 Å². The van der Waals surface area contributed by atoms with Crippen molar-refractivity contribution >= 4 is 52.0 Å². The summed E-state index contributed by atoms with van der Waals surface area (Å²) in [6.45, 7) is 3.93. The van der Waals surface area contributed by atoms with Crippen LogP contribution in [0.1, 0.15) is 16.9 Å². The lowest BCUT2D eigenvalue weighted by Crippen LogP contribution is -2.09. The highest BCUT2D eigenvalue weighted by Gasteiger charge is 2.12. The molecule has 0 saturated heterocycles. The molecule has 0 spiro atoms. The number of anilines is 1. The number of oxazole rings is 1. The second kappa shape index (κ2) is 9.45. The zero-order chi connectivity index (χ0) is 24.5. The first-order valence-corrected chi connectivity index (χ1v) is 11.6. The second-order valence-corrected chi connectivity index (χ2v) is 9.01. The first kappa shape index (κ1) is 23.0. The van der Waals surface area contributed by atoms with Crippen LogP contribution in [0, 0.1) is 13.8 Å². The average molecular weight is 503 g/mol. The van der Waals surface area contributed by atoms with E-state index >= 15 is 0 Å². The van der Waals surface area contributed by atoms with Crippen molar-refractivity contribution in [1.82, 2.24) is 4.98 Å². The largest absolute Gasteiger partial charge is 0.457 e. The van der Waals surface area contributed by atoms with Gasteiger partial charge in [0.25, 0.3) is 0 Å². The Morgan fingerprint density at radius 2 is 1.80 bits per heavy atom. The number of aryl methyl sites for hydroxylation is 2. The Hall–Kier alpha value is -3.80. The number of nitrogens with zero attached hydrogens (tertiary/aromatic N) is 1. The molecule has 0 aliphatic rings. The molecule has 0 aliphatic carbocycles. The normalized spacial score (nSPS) is 11.4. The second-order valence-electron chi connectivity index (χ2n) is 8.17. The third-order valence-corrected chi connectivity index (χ3v) is 6.06. The van der Waals surface area contributed by atoms with Crippen LogP contribution in [0.2, 0.25) is 10.0 Å². The van der Waals surface area contributed by atoms with E-state index in [4.69, 9.17) is 32.0 Å². The van der Waals surface area contributed by atoms with E-state index in [1.165, 1.54) is 6.08 Å². The minimum Gasteiger partial charge on any atom is -0.457 e. The zero-order valence-electron chi connectivity index (χ0n) is 18.9. The summed E-state index contributed by atoms with van der Waals surface area (Å²) in [6.07, 6.45) is 3.02. The monoisotopic (exact) mass is 502 g/mol. The zero-order valence-corrected chi connectivity index (χ0v) is 20.4. The van der Waals surface area contributed by atoms with Crippen molar-refractivity contribution in [3.63, 3.8) is 0 Å². The number of benzene rings is 3. The van der Waals surface area contributed by atoms with Crippen molar-refractivity contribution in [2.75, 3.05) is 5.32 Å². The van der Waals surface area contributed by atoms with Gasteiger partial charge in [-0.1, -0.05) is 35.3 Å². The number of carbonyl (C=O) groups excluding carboxylic acids is 1. The van der Waals surface area contributed by atoms with Crippen LogP contribution >= 0.6 is 23.2 Å². The van der Waals surface area contributed by atoms with Crippen LogP contribution in [0.3, 0.4) is 0 Å². The Balaban J connectivity index is 1.32. The number of rotatable bonds is 5. The van der Waals surface area contributed by atoms with Gasteiger partial charge in [0.15, 0.2) is 5.58 Å².